The molecular weight excluding hydrogens is 426 g/mol. The van der Waals surface area contributed by atoms with E-state index >= 15 is 0 Å². The van der Waals surface area contributed by atoms with Crippen LogP contribution in [0.2, 0.25) is 0 Å². The first-order valence-electron chi connectivity index (χ1n) is 11.6. The van der Waals surface area contributed by atoms with Gasteiger partial charge in [-0.2, -0.15) is 0 Å². The van der Waals surface area contributed by atoms with Crippen LogP contribution in [-0.4, -0.2) is 42.6 Å². The van der Waals surface area contributed by atoms with Crippen LogP contribution in [0.15, 0.2) is 91.0 Å². The number of carbonyl (C=O) groups excluding carboxylic acids is 2. The minimum atomic E-state index is -0.884. The van der Waals surface area contributed by atoms with E-state index in [1.165, 1.54) is 4.90 Å². The summed E-state index contributed by atoms with van der Waals surface area (Å²) in [5.41, 5.74) is 1.55. The van der Waals surface area contributed by atoms with Crippen LogP contribution >= 0.6 is 0 Å². The maximum atomic E-state index is 12.5. The van der Waals surface area contributed by atoms with E-state index in [1.807, 2.05) is 75.4 Å². The molecule has 0 N–H and O–H groups in total. The number of hydrogen-bond donors (Lipinski definition) is 0. The van der Waals surface area contributed by atoms with Crippen LogP contribution in [0.5, 0.6) is 0 Å². The van der Waals surface area contributed by atoms with Gasteiger partial charge >= 0.3 is 6.09 Å². The second-order valence-electron chi connectivity index (χ2n) is 9.65. The number of benzene rings is 3. The molecule has 1 heterocycles. The second-order valence-corrected chi connectivity index (χ2v) is 9.65. The van der Waals surface area contributed by atoms with Crippen molar-refractivity contribution in [3.63, 3.8) is 0 Å². The molecule has 1 atom stereocenters. The third kappa shape index (κ3) is 4.90. The van der Waals surface area contributed by atoms with Gasteiger partial charge in [-0.05, 0) is 16.7 Å². The van der Waals surface area contributed by atoms with Gasteiger partial charge in [0.05, 0.1) is 19.7 Å². The van der Waals surface area contributed by atoms with Crippen molar-refractivity contribution in [3.8, 4) is 0 Å². The van der Waals surface area contributed by atoms with Crippen molar-refractivity contribution in [2.45, 2.75) is 32.5 Å². The minimum Gasteiger partial charge on any atom is -0.442 e. The Labute approximate surface area is 201 Å². The Morgan fingerprint density at radius 3 is 1.71 bits per heavy atom. The van der Waals surface area contributed by atoms with Crippen molar-refractivity contribution in [3.05, 3.63) is 108 Å². The lowest BCUT2D eigenvalue weighted by molar-refractivity contribution is -0.126. The second kappa shape index (κ2) is 9.82. The van der Waals surface area contributed by atoms with Gasteiger partial charge in [0.1, 0.15) is 11.7 Å². The van der Waals surface area contributed by atoms with E-state index in [2.05, 4.69) is 36.4 Å². The van der Waals surface area contributed by atoms with Crippen molar-refractivity contribution in [1.82, 2.24) is 4.90 Å². The fraction of sp³-hybridized carbons (Fsp3) is 0.310. The fourth-order valence-electron chi connectivity index (χ4n) is 4.19. The molecule has 0 bridgehead atoms. The molecule has 34 heavy (non-hydrogen) atoms. The van der Waals surface area contributed by atoms with Gasteiger partial charge < -0.3 is 9.47 Å². The molecule has 3 aromatic rings. The third-order valence-electron chi connectivity index (χ3n) is 6.15. The maximum Gasteiger partial charge on any atom is 0.410 e. The first kappa shape index (κ1) is 23.7. The zero-order valence-corrected chi connectivity index (χ0v) is 19.9. The standard InChI is InChI=1S/C29H31NO4/c1-28(2,3)26(31)20-30-19-25(34-27(30)32)21-33-29(22-13-7-4-8-14-22,23-15-9-5-10-16-23)24-17-11-6-12-18-24/h4-18,25H,19-21H2,1-3H3. The quantitative estimate of drug-likeness (QED) is 0.423. The number of cyclic esters (lactones) is 1. The summed E-state index contributed by atoms with van der Waals surface area (Å²) in [6.07, 6.45) is -0.952. The van der Waals surface area contributed by atoms with Crippen LogP contribution in [0.4, 0.5) is 4.79 Å². The normalized spacial score (nSPS) is 16.4. The zero-order valence-electron chi connectivity index (χ0n) is 19.9. The van der Waals surface area contributed by atoms with Crippen molar-refractivity contribution in [1.29, 1.82) is 0 Å². The molecule has 3 aromatic carbocycles. The van der Waals surface area contributed by atoms with Crippen LogP contribution in [0.1, 0.15) is 37.5 Å². The Balaban J connectivity index is 1.64. The largest absolute Gasteiger partial charge is 0.442 e. The molecule has 1 fully saturated rings. The number of ether oxygens (including phenoxy) is 2. The number of ketones is 1. The highest BCUT2D eigenvalue weighted by Gasteiger charge is 2.41. The SMILES string of the molecule is CC(C)(C)C(=O)CN1CC(COC(c2ccccc2)(c2ccccc2)c2ccccc2)OC1=O. The lowest BCUT2D eigenvalue weighted by Crippen LogP contribution is -2.38. The Morgan fingerprint density at radius 1 is 0.853 bits per heavy atom. The Hall–Kier alpha value is -3.44. The van der Waals surface area contributed by atoms with E-state index in [0.29, 0.717) is 6.54 Å². The van der Waals surface area contributed by atoms with Gasteiger partial charge in [-0.25, -0.2) is 4.79 Å². The molecular formula is C29H31NO4. The zero-order chi connectivity index (χ0) is 24.2. The van der Waals surface area contributed by atoms with Crippen LogP contribution in [0.25, 0.3) is 0 Å². The van der Waals surface area contributed by atoms with E-state index in [4.69, 9.17) is 9.47 Å². The van der Waals surface area contributed by atoms with Gasteiger partial charge in [0.25, 0.3) is 0 Å². The van der Waals surface area contributed by atoms with Gasteiger partial charge in [0, 0.05) is 5.41 Å². The molecule has 1 unspecified atom stereocenters. The lowest BCUT2D eigenvalue weighted by Gasteiger charge is -2.36. The van der Waals surface area contributed by atoms with E-state index in [9.17, 15) is 9.59 Å². The van der Waals surface area contributed by atoms with Gasteiger partial charge in [-0.1, -0.05) is 112 Å². The fourth-order valence-corrected chi connectivity index (χ4v) is 4.19. The van der Waals surface area contributed by atoms with Crippen LogP contribution in [-0.2, 0) is 19.9 Å². The first-order chi connectivity index (χ1) is 16.3. The molecule has 0 aromatic heterocycles. The minimum absolute atomic E-state index is 0.00165. The summed E-state index contributed by atoms with van der Waals surface area (Å²) >= 11 is 0. The summed E-state index contributed by atoms with van der Waals surface area (Å²) in [7, 11) is 0. The molecule has 1 amide bonds. The summed E-state index contributed by atoms with van der Waals surface area (Å²) in [6, 6.07) is 30.2. The van der Waals surface area contributed by atoms with Gasteiger partial charge in [-0.15, -0.1) is 0 Å². The summed E-state index contributed by atoms with van der Waals surface area (Å²) in [6.45, 7) is 6.10. The Bertz CT molecular complexity index is 1010. The topological polar surface area (TPSA) is 55.8 Å². The summed E-state index contributed by atoms with van der Waals surface area (Å²) in [4.78, 5) is 26.4. The smallest absolute Gasteiger partial charge is 0.410 e. The monoisotopic (exact) mass is 457 g/mol. The van der Waals surface area contributed by atoms with Crippen molar-refractivity contribution < 1.29 is 19.1 Å². The van der Waals surface area contributed by atoms with E-state index in [0.717, 1.165) is 16.7 Å². The molecule has 0 aliphatic carbocycles. The molecule has 0 spiro atoms. The number of nitrogens with zero attached hydrogens (tertiary/aromatic N) is 1. The van der Waals surface area contributed by atoms with Crippen molar-refractivity contribution in [2.75, 3.05) is 19.7 Å². The van der Waals surface area contributed by atoms with Crippen LogP contribution < -0.4 is 0 Å². The average molecular weight is 458 g/mol. The highest BCUT2D eigenvalue weighted by molar-refractivity contribution is 5.88. The lowest BCUT2D eigenvalue weighted by atomic mass is 9.80. The van der Waals surface area contributed by atoms with Gasteiger partial charge in [-0.3, -0.25) is 9.69 Å². The highest BCUT2D eigenvalue weighted by atomic mass is 16.6. The Morgan fingerprint density at radius 2 is 1.29 bits per heavy atom. The summed E-state index contributed by atoms with van der Waals surface area (Å²) < 4.78 is 12.4. The van der Waals surface area contributed by atoms with Crippen LogP contribution in [0, 0.1) is 5.41 Å². The number of hydrogen-bond acceptors (Lipinski definition) is 4. The molecule has 5 heteroatoms. The van der Waals surface area contributed by atoms with E-state index in [1.54, 1.807) is 0 Å². The number of rotatable bonds is 8. The van der Waals surface area contributed by atoms with E-state index < -0.39 is 23.2 Å². The van der Waals surface area contributed by atoms with Gasteiger partial charge in [0.15, 0.2) is 5.78 Å². The highest BCUT2D eigenvalue weighted by Crippen LogP contribution is 2.40. The molecule has 4 rings (SSSR count). The molecule has 1 aliphatic heterocycles. The molecule has 5 nitrogen and oxygen atoms in total. The van der Waals surface area contributed by atoms with Crippen LogP contribution in [0.3, 0.4) is 0 Å². The predicted molar refractivity (Wildman–Crippen MR) is 131 cm³/mol. The van der Waals surface area contributed by atoms with Crippen molar-refractivity contribution >= 4 is 11.9 Å². The average Bonchev–Trinajstić information content (AvgIpc) is 3.20. The summed E-state index contributed by atoms with van der Waals surface area (Å²) in [5, 5.41) is 0. The molecule has 0 radical (unpaired) electrons. The summed E-state index contributed by atoms with van der Waals surface area (Å²) in [5.74, 6) is -0.00165. The molecule has 176 valence electrons. The van der Waals surface area contributed by atoms with Crippen molar-refractivity contribution in [2.24, 2.45) is 5.41 Å². The Kier molecular flexibility index (Phi) is 6.85. The molecule has 0 saturated carbocycles. The number of amides is 1. The number of carbonyl (C=O) groups is 2. The first-order valence-corrected chi connectivity index (χ1v) is 11.6. The molecule has 1 saturated heterocycles. The van der Waals surface area contributed by atoms with Gasteiger partial charge in [0.2, 0.25) is 0 Å². The number of Topliss-reactive ketones (excluding diaryl/α,β-unsaturated/α-hetero) is 1. The predicted octanol–water partition coefficient (Wildman–Crippen LogP) is 5.43. The third-order valence-corrected chi connectivity index (χ3v) is 6.15. The maximum absolute atomic E-state index is 12.5. The molecule has 1 aliphatic rings. The van der Waals surface area contributed by atoms with E-state index in [-0.39, 0.29) is 18.9 Å².